The summed E-state index contributed by atoms with van der Waals surface area (Å²) in [6, 6.07) is 9.53. The maximum Gasteiger partial charge on any atom is 0.261 e. The van der Waals surface area contributed by atoms with Crippen molar-refractivity contribution in [2.75, 3.05) is 19.6 Å². The van der Waals surface area contributed by atoms with E-state index in [9.17, 15) is 4.79 Å². The summed E-state index contributed by atoms with van der Waals surface area (Å²) in [6.45, 7) is 3.30. The van der Waals surface area contributed by atoms with E-state index in [2.05, 4.69) is 15.2 Å². The maximum atomic E-state index is 12.5. The highest BCUT2D eigenvalue weighted by molar-refractivity contribution is 7.99. The highest BCUT2D eigenvalue weighted by atomic mass is 32.2. The van der Waals surface area contributed by atoms with Crippen molar-refractivity contribution >= 4 is 17.7 Å². The predicted octanol–water partition coefficient (Wildman–Crippen LogP) is 2.52. The number of nitriles is 1. The largest absolute Gasteiger partial charge is 0.420 e. The van der Waals surface area contributed by atoms with Crippen molar-refractivity contribution in [2.24, 2.45) is 5.92 Å². The minimum absolute atomic E-state index is 0.0156. The van der Waals surface area contributed by atoms with Gasteiger partial charge in [-0.25, -0.2) is 4.98 Å². The summed E-state index contributed by atoms with van der Waals surface area (Å²) in [7, 11) is 0. The molecule has 1 amide bonds. The number of rotatable bonds is 4. The fourth-order valence-corrected chi connectivity index (χ4v) is 4.22. The zero-order valence-corrected chi connectivity index (χ0v) is 14.5. The lowest BCUT2D eigenvalue weighted by Crippen LogP contribution is -2.57. The average Bonchev–Trinajstić information content (AvgIpc) is 3.11. The molecule has 1 N–H and O–H groups in total. The molecule has 128 valence electrons. The van der Waals surface area contributed by atoms with Crippen molar-refractivity contribution in [3.8, 4) is 6.07 Å². The monoisotopic (exact) mass is 354 g/mol. The fourth-order valence-electron chi connectivity index (χ4n) is 3.51. The van der Waals surface area contributed by atoms with Gasteiger partial charge in [-0.15, -0.1) is 0 Å². The van der Waals surface area contributed by atoms with Crippen LogP contribution in [0.2, 0.25) is 0 Å². The molecule has 1 unspecified atom stereocenters. The van der Waals surface area contributed by atoms with Crippen LogP contribution in [0.4, 0.5) is 0 Å². The van der Waals surface area contributed by atoms with Crippen LogP contribution in [0.5, 0.6) is 0 Å². The Balaban J connectivity index is 1.38. The van der Waals surface area contributed by atoms with Gasteiger partial charge in [-0.1, -0.05) is 0 Å². The molecule has 25 heavy (non-hydrogen) atoms. The smallest absolute Gasteiger partial charge is 0.261 e. The summed E-state index contributed by atoms with van der Waals surface area (Å²) in [6.07, 6.45) is 3.76. The molecule has 3 aliphatic heterocycles. The molecule has 0 spiro atoms. The van der Waals surface area contributed by atoms with E-state index < -0.39 is 0 Å². The molecule has 0 aliphatic carbocycles. The fraction of sp³-hybridized carbons (Fsp3) is 0.389. The van der Waals surface area contributed by atoms with Crippen LogP contribution in [0.1, 0.15) is 29.0 Å². The van der Waals surface area contributed by atoms with Crippen molar-refractivity contribution < 1.29 is 9.21 Å². The van der Waals surface area contributed by atoms with E-state index in [0.717, 1.165) is 24.5 Å². The number of aromatic nitrogens is 1. The number of carbonyl (C=O) groups is 1. The van der Waals surface area contributed by atoms with Crippen LogP contribution >= 0.6 is 11.8 Å². The minimum atomic E-state index is -0.0156. The lowest BCUT2D eigenvalue weighted by atomic mass is 9.84. The van der Waals surface area contributed by atoms with Crippen LogP contribution in [0, 0.1) is 17.2 Å². The van der Waals surface area contributed by atoms with E-state index in [0.29, 0.717) is 16.7 Å². The van der Waals surface area contributed by atoms with Crippen LogP contribution in [-0.2, 0) is 0 Å². The molecule has 0 radical (unpaired) electrons. The first-order valence-electron chi connectivity index (χ1n) is 8.38. The summed E-state index contributed by atoms with van der Waals surface area (Å²) in [5.74, 6) is 0.789. The van der Waals surface area contributed by atoms with E-state index in [-0.39, 0.29) is 17.7 Å². The molecule has 2 aromatic rings. The Hall–Kier alpha value is -2.30. The summed E-state index contributed by atoms with van der Waals surface area (Å²) in [5, 5.41) is 12.4. The Kier molecular flexibility index (Phi) is 4.47. The number of nitrogens with zero attached hydrogens (tertiary/aromatic N) is 3. The van der Waals surface area contributed by atoms with E-state index >= 15 is 0 Å². The van der Waals surface area contributed by atoms with Crippen LogP contribution in [0.3, 0.4) is 0 Å². The Labute approximate surface area is 150 Å². The summed E-state index contributed by atoms with van der Waals surface area (Å²) >= 11 is 1.32. The molecule has 1 aromatic heterocycles. The second-order valence-electron chi connectivity index (χ2n) is 6.45. The molecule has 4 heterocycles. The molecule has 6 nitrogen and oxygen atoms in total. The number of oxazole rings is 1. The maximum absolute atomic E-state index is 12.5. The number of amides is 1. The molecular weight excluding hydrogens is 336 g/mol. The molecular formula is C18H18N4O2S. The van der Waals surface area contributed by atoms with Crippen LogP contribution in [0.15, 0.2) is 45.0 Å². The molecule has 3 aliphatic rings. The van der Waals surface area contributed by atoms with Crippen molar-refractivity contribution in [2.45, 2.75) is 29.0 Å². The van der Waals surface area contributed by atoms with Gasteiger partial charge >= 0.3 is 0 Å². The molecule has 3 saturated heterocycles. The van der Waals surface area contributed by atoms with Crippen LogP contribution in [-0.4, -0.2) is 41.5 Å². The van der Waals surface area contributed by atoms with Gasteiger partial charge in [0.2, 0.25) is 5.76 Å². The van der Waals surface area contributed by atoms with E-state index in [1.807, 2.05) is 30.3 Å². The van der Waals surface area contributed by atoms with Crippen molar-refractivity contribution in [3.63, 3.8) is 0 Å². The molecule has 5 rings (SSSR count). The predicted molar refractivity (Wildman–Crippen MR) is 92.2 cm³/mol. The Morgan fingerprint density at radius 3 is 2.68 bits per heavy atom. The average molecular weight is 354 g/mol. The van der Waals surface area contributed by atoms with Gasteiger partial charge in [0.1, 0.15) is 6.07 Å². The summed E-state index contributed by atoms with van der Waals surface area (Å²) in [4.78, 5) is 19.9. The van der Waals surface area contributed by atoms with Crippen molar-refractivity contribution in [1.82, 2.24) is 15.2 Å². The lowest BCUT2D eigenvalue weighted by molar-refractivity contribution is 0.0620. The zero-order chi connectivity index (χ0) is 17.2. The number of hydrogen-bond acceptors (Lipinski definition) is 6. The first-order chi connectivity index (χ1) is 12.2. The molecule has 7 heteroatoms. The summed E-state index contributed by atoms with van der Waals surface area (Å²) < 4.78 is 5.25. The second-order valence-corrected chi connectivity index (χ2v) is 7.47. The van der Waals surface area contributed by atoms with Gasteiger partial charge < -0.3 is 14.6 Å². The van der Waals surface area contributed by atoms with Gasteiger partial charge in [-0.2, -0.15) is 5.26 Å². The van der Waals surface area contributed by atoms with Crippen molar-refractivity contribution in [3.05, 3.63) is 41.8 Å². The number of piperidine rings is 3. The first kappa shape index (κ1) is 16.2. The van der Waals surface area contributed by atoms with Crippen LogP contribution < -0.4 is 5.32 Å². The SMILES string of the molecule is N#Cc1cnc(Sc2ccc(C(=O)NC3CN4CCC3CC4)cc2)o1. The second kappa shape index (κ2) is 6.90. The first-order valence-corrected chi connectivity index (χ1v) is 9.20. The lowest BCUT2D eigenvalue weighted by Gasteiger charge is -2.44. The minimum Gasteiger partial charge on any atom is -0.420 e. The molecule has 2 bridgehead atoms. The standard InChI is InChI=1S/C18H18N4O2S/c19-9-14-10-20-18(24-14)25-15-3-1-13(2-4-15)17(23)21-16-11-22-7-5-12(16)6-8-22/h1-4,10,12,16H,5-8,11H2,(H,21,23). The van der Waals surface area contributed by atoms with Gasteiger partial charge in [0.15, 0.2) is 0 Å². The van der Waals surface area contributed by atoms with Crippen LogP contribution in [0.25, 0.3) is 0 Å². The number of hydrogen-bond donors (Lipinski definition) is 1. The number of nitrogens with one attached hydrogen (secondary N) is 1. The Morgan fingerprint density at radius 2 is 2.08 bits per heavy atom. The Morgan fingerprint density at radius 1 is 1.32 bits per heavy atom. The molecule has 1 aromatic carbocycles. The highest BCUT2D eigenvalue weighted by Crippen LogP contribution is 2.29. The Bertz CT molecular complexity index is 803. The third-order valence-corrected chi connectivity index (χ3v) is 5.76. The third kappa shape index (κ3) is 3.55. The quantitative estimate of drug-likeness (QED) is 0.908. The molecule has 0 saturated carbocycles. The van der Waals surface area contributed by atoms with E-state index in [1.54, 1.807) is 0 Å². The number of benzene rings is 1. The topological polar surface area (TPSA) is 82.2 Å². The third-order valence-electron chi connectivity index (χ3n) is 4.89. The van der Waals surface area contributed by atoms with Gasteiger partial charge in [0, 0.05) is 23.0 Å². The molecule has 1 atom stereocenters. The zero-order valence-electron chi connectivity index (χ0n) is 13.6. The van der Waals surface area contributed by atoms with E-state index in [4.69, 9.17) is 9.68 Å². The van der Waals surface area contributed by atoms with Gasteiger partial charge in [-0.05, 0) is 67.9 Å². The number of fused-ring (bicyclic) bond motifs is 3. The van der Waals surface area contributed by atoms with Gasteiger partial charge in [0.25, 0.3) is 11.1 Å². The van der Waals surface area contributed by atoms with Gasteiger partial charge in [-0.3, -0.25) is 4.79 Å². The van der Waals surface area contributed by atoms with E-state index in [1.165, 1.54) is 30.8 Å². The highest BCUT2D eigenvalue weighted by Gasteiger charge is 2.34. The normalized spacial score (nSPS) is 24.7. The van der Waals surface area contributed by atoms with Crippen molar-refractivity contribution in [1.29, 1.82) is 5.26 Å². The molecule has 3 fully saturated rings. The summed E-state index contributed by atoms with van der Waals surface area (Å²) in [5.41, 5.74) is 0.658. The van der Waals surface area contributed by atoms with Gasteiger partial charge in [0.05, 0.1) is 6.20 Å². The number of carbonyl (C=O) groups excluding carboxylic acids is 1.